The van der Waals surface area contributed by atoms with Crippen LogP contribution in [0.25, 0.3) is 10.8 Å². The monoisotopic (exact) mass is 242 g/mol. The molecule has 3 N–H and O–H groups in total. The van der Waals surface area contributed by atoms with Crippen molar-refractivity contribution < 1.29 is 0 Å². The van der Waals surface area contributed by atoms with E-state index in [4.69, 9.17) is 5.73 Å². The van der Waals surface area contributed by atoms with Crippen molar-refractivity contribution in [2.24, 2.45) is 5.73 Å². The van der Waals surface area contributed by atoms with Crippen LogP contribution >= 0.6 is 0 Å². The van der Waals surface area contributed by atoms with Gasteiger partial charge in [0.1, 0.15) is 5.82 Å². The fourth-order valence-electron chi connectivity index (χ4n) is 2.47. The Bertz CT molecular complexity index is 546. The van der Waals surface area contributed by atoms with Crippen molar-refractivity contribution in [3.05, 3.63) is 36.0 Å². The number of nitrogens with one attached hydrogen (secondary N) is 1. The molecular formula is C14H18N4. The van der Waals surface area contributed by atoms with E-state index in [9.17, 15) is 0 Å². The third kappa shape index (κ3) is 2.05. The van der Waals surface area contributed by atoms with Crippen LogP contribution in [0.5, 0.6) is 0 Å². The van der Waals surface area contributed by atoms with E-state index in [0.29, 0.717) is 6.54 Å². The average molecular weight is 242 g/mol. The minimum absolute atomic E-state index is 0.585. The van der Waals surface area contributed by atoms with Crippen LogP contribution in [0.15, 0.2) is 30.5 Å². The van der Waals surface area contributed by atoms with Gasteiger partial charge in [0.2, 0.25) is 0 Å². The molecule has 3 rings (SSSR count). The number of rotatable bonds is 2. The highest BCUT2D eigenvalue weighted by Gasteiger charge is 2.14. The van der Waals surface area contributed by atoms with Gasteiger partial charge in [0.25, 0.3) is 0 Å². The van der Waals surface area contributed by atoms with E-state index in [1.165, 1.54) is 16.3 Å². The van der Waals surface area contributed by atoms with Gasteiger partial charge >= 0.3 is 0 Å². The van der Waals surface area contributed by atoms with Crippen LogP contribution in [0.2, 0.25) is 0 Å². The maximum atomic E-state index is 5.69. The van der Waals surface area contributed by atoms with Crippen LogP contribution in [-0.4, -0.2) is 31.2 Å². The molecule has 0 spiro atoms. The predicted molar refractivity (Wildman–Crippen MR) is 74.7 cm³/mol. The zero-order chi connectivity index (χ0) is 12.4. The topological polar surface area (TPSA) is 54.2 Å². The molecule has 0 aliphatic carbocycles. The Morgan fingerprint density at radius 2 is 2.06 bits per heavy atom. The van der Waals surface area contributed by atoms with Gasteiger partial charge in [-0.2, -0.15) is 0 Å². The standard InChI is InChI=1S/C14H18N4/c15-10-11-1-2-13-12(9-11)3-4-17-14(13)18-7-5-16-6-8-18/h1-4,9,16H,5-8,10,15H2. The third-order valence-electron chi connectivity index (χ3n) is 3.46. The van der Waals surface area contributed by atoms with Gasteiger partial charge < -0.3 is 16.0 Å². The molecule has 4 heteroatoms. The second-order valence-corrected chi connectivity index (χ2v) is 4.63. The van der Waals surface area contributed by atoms with Crippen molar-refractivity contribution in [1.29, 1.82) is 0 Å². The first-order valence-corrected chi connectivity index (χ1v) is 6.42. The molecule has 1 fully saturated rings. The average Bonchev–Trinajstić information content (AvgIpc) is 2.47. The van der Waals surface area contributed by atoms with E-state index in [0.717, 1.165) is 32.0 Å². The maximum Gasteiger partial charge on any atom is 0.136 e. The molecule has 1 aliphatic heterocycles. The number of hydrogen-bond acceptors (Lipinski definition) is 4. The van der Waals surface area contributed by atoms with Crippen LogP contribution in [0.1, 0.15) is 5.56 Å². The van der Waals surface area contributed by atoms with Crippen LogP contribution in [-0.2, 0) is 6.54 Å². The minimum atomic E-state index is 0.585. The molecule has 18 heavy (non-hydrogen) atoms. The fourth-order valence-corrected chi connectivity index (χ4v) is 2.47. The lowest BCUT2D eigenvalue weighted by molar-refractivity contribution is 0.586. The van der Waals surface area contributed by atoms with Crippen LogP contribution in [0.4, 0.5) is 5.82 Å². The molecule has 1 saturated heterocycles. The molecule has 2 aromatic rings. The van der Waals surface area contributed by atoms with E-state index < -0.39 is 0 Å². The van der Waals surface area contributed by atoms with Crippen molar-refractivity contribution in [1.82, 2.24) is 10.3 Å². The summed E-state index contributed by atoms with van der Waals surface area (Å²) >= 11 is 0. The van der Waals surface area contributed by atoms with E-state index in [-0.39, 0.29) is 0 Å². The van der Waals surface area contributed by atoms with E-state index in [2.05, 4.69) is 39.5 Å². The van der Waals surface area contributed by atoms with Crippen molar-refractivity contribution >= 4 is 16.6 Å². The second kappa shape index (κ2) is 4.92. The number of nitrogens with two attached hydrogens (primary N) is 1. The number of fused-ring (bicyclic) bond motifs is 1. The first kappa shape index (κ1) is 11.4. The molecule has 1 aromatic heterocycles. The lowest BCUT2D eigenvalue weighted by Gasteiger charge is -2.29. The van der Waals surface area contributed by atoms with Crippen molar-refractivity contribution in [3.63, 3.8) is 0 Å². The lowest BCUT2D eigenvalue weighted by Crippen LogP contribution is -2.43. The number of piperazine rings is 1. The van der Waals surface area contributed by atoms with E-state index >= 15 is 0 Å². The summed E-state index contributed by atoms with van der Waals surface area (Å²) in [5.41, 5.74) is 6.85. The summed E-state index contributed by atoms with van der Waals surface area (Å²) in [5, 5.41) is 5.81. The highest BCUT2D eigenvalue weighted by atomic mass is 15.2. The summed E-state index contributed by atoms with van der Waals surface area (Å²) in [6.45, 7) is 4.68. The molecule has 0 amide bonds. The normalized spacial score (nSPS) is 16.2. The second-order valence-electron chi connectivity index (χ2n) is 4.63. The van der Waals surface area contributed by atoms with Crippen LogP contribution in [0.3, 0.4) is 0 Å². The van der Waals surface area contributed by atoms with Gasteiger partial charge in [-0.25, -0.2) is 4.98 Å². The molecule has 0 radical (unpaired) electrons. The lowest BCUT2D eigenvalue weighted by atomic mass is 10.1. The molecule has 4 nitrogen and oxygen atoms in total. The smallest absolute Gasteiger partial charge is 0.136 e. The molecule has 0 bridgehead atoms. The molecule has 0 saturated carbocycles. The molecule has 1 aromatic carbocycles. The summed E-state index contributed by atoms with van der Waals surface area (Å²) in [7, 11) is 0. The van der Waals surface area contributed by atoms with E-state index in [1.54, 1.807) is 0 Å². The first-order valence-electron chi connectivity index (χ1n) is 6.42. The molecule has 94 valence electrons. The number of benzene rings is 1. The summed E-state index contributed by atoms with van der Waals surface area (Å²) in [5.74, 6) is 1.09. The molecular weight excluding hydrogens is 224 g/mol. The summed E-state index contributed by atoms with van der Waals surface area (Å²) in [6, 6.07) is 8.44. The number of pyridine rings is 1. The van der Waals surface area contributed by atoms with Crippen LogP contribution < -0.4 is 16.0 Å². The number of anilines is 1. The summed E-state index contributed by atoms with van der Waals surface area (Å²) in [6.07, 6.45) is 1.89. The zero-order valence-electron chi connectivity index (χ0n) is 10.4. The summed E-state index contributed by atoms with van der Waals surface area (Å²) in [4.78, 5) is 6.90. The highest BCUT2D eigenvalue weighted by Crippen LogP contribution is 2.25. The fraction of sp³-hybridized carbons (Fsp3) is 0.357. The van der Waals surface area contributed by atoms with Gasteiger partial charge in [0.05, 0.1) is 0 Å². The van der Waals surface area contributed by atoms with Gasteiger partial charge in [-0.05, 0) is 23.1 Å². The Morgan fingerprint density at radius 3 is 2.83 bits per heavy atom. The molecule has 0 unspecified atom stereocenters. The predicted octanol–water partition coefficient (Wildman–Crippen LogP) is 1.10. The van der Waals surface area contributed by atoms with E-state index in [1.807, 2.05) is 6.20 Å². The Hall–Kier alpha value is -1.65. The maximum absolute atomic E-state index is 5.69. The van der Waals surface area contributed by atoms with Gasteiger partial charge in [-0.1, -0.05) is 12.1 Å². The van der Waals surface area contributed by atoms with Crippen molar-refractivity contribution in [2.45, 2.75) is 6.54 Å². The van der Waals surface area contributed by atoms with Gasteiger partial charge in [0, 0.05) is 44.3 Å². The Morgan fingerprint density at radius 1 is 1.22 bits per heavy atom. The number of nitrogens with zero attached hydrogens (tertiary/aromatic N) is 2. The Balaban J connectivity index is 2.05. The molecule has 0 atom stereocenters. The minimum Gasteiger partial charge on any atom is -0.354 e. The number of hydrogen-bond donors (Lipinski definition) is 2. The number of aromatic nitrogens is 1. The quantitative estimate of drug-likeness (QED) is 0.828. The van der Waals surface area contributed by atoms with Gasteiger partial charge in [-0.15, -0.1) is 0 Å². The zero-order valence-corrected chi connectivity index (χ0v) is 10.4. The van der Waals surface area contributed by atoms with Crippen LogP contribution in [0, 0.1) is 0 Å². The Labute approximate surface area is 107 Å². The summed E-state index contributed by atoms with van der Waals surface area (Å²) < 4.78 is 0. The largest absolute Gasteiger partial charge is 0.354 e. The molecule has 1 aliphatic rings. The SMILES string of the molecule is NCc1ccc2c(N3CCNCC3)nccc2c1. The Kier molecular flexibility index (Phi) is 3.13. The van der Waals surface area contributed by atoms with Gasteiger partial charge in [0.15, 0.2) is 0 Å². The van der Waals surface area contributed by atoms with Crippen molar-refractivity contribution in [3.8, 4) is 0 Å². The third-order valence-corrected chi connectivity index (χ3v) is 3.46. The van der Waals surface area contributed by atoms with Gasteiger partial charge in [-0.3, -0.25) is 0 Å². The van der Waals surface area contributed by atoms with Crippen molar-refractivity contribution in [2.75, 3.05) is 31.1 Å². The first-order chi connectivity index (χ1) is 8.88. The highest BCUT2D eigenvalue weighted by molar-refractivity contribution is 5.92. The molecule has 2 heterocycles.